The minimum atomic E-state index is -0.307. The van der Waals surface area contributed by atoms with Gasteiger partial charge in [-0.25, -0.2) is 4.79 Å². The van der Waals surface area contributed by atoms with E-state index < -0.39 is 0 Å². The molecule has 1 heterocycles. The summed E-state index contributed by atoms with van der Waals surface area (Å²) in [7, 11) is 3.77. The Morgan fingerprint density at radius 2 is 2.09 bits per heavy atom. The zero-order valence-corrected chi connectivity index (χ0v) is 13.1. The molecule has 0 bridgehead atoms. The molecule has 2 amide bonds. The van der Waals surface area contributed by atoms with E-state index in [1.54, 1.807) is 4.90 Å². The van der Waals surface area contributed by atoms with Crippen LogP contribution in [-0.2, 0) is 9.53 Å². The van der Waals surface area contributed by atoms with Crippen molar-refractivity contribution < 1.29 is 14.3 Å². The Kier molecular flexibility index (Phi) is 5.77. The van der Waals surface area contributed by atoms with Crippen LogP contribution in [0.3, 0.4) is 0 Å². The molecule has 120 valence electrons. The number of benzene rings is 1. The predicted octanol–water partition coefficient (Wildman–Crippen LogP) is 1.25. The zero-order valence-electron chi connectivity index (χ0n) is 13.1. The van der Waals surface area contributed by atoms with Crippen molar-refractivity contribution in [3.8, 4) is 0 Å². The first-order valence-electron chi connectivity index (χ1n) is 7.50. The number of carbonyl (C=O) groups excluding carboxylic acids is 2. The molecule has 0 spiro atoms. The van der Waals surface area contributed by atoms with Gasteiger partial charge in [0.05, 0.1) is 6.54 Å². The van der Waals surface area contributed by atoms with Crippen LogP contribution in [0.2, 0.25) is 0 Å². The number of likely N-dealkylation sites (N-methyl/N-ethyl adjacent to an activating group) is 1. The van der Waals surface area contributed by atoms with E-state index in [1.807, 2.05) is 49.3 Å². The fourth-order valence-corrected chi connectivity index (χ4v) is 2.53. The van der Waals surface area contributed by atoms with Crippen LogP contribution >= 0.6 is 0 Å². The number of carbonyl (C=O) groups is 2. The van der Waals surface area contributed by atoms with E-state index in [0.717, 1.165) is 12.0 Å². The second-order valence-electron chi connectivity index (χ2n) is 5.52. The lowest BCUT2D eigenvalue weighted by Crippen LogP contribution is -2.38. The summed E-state index contributed by atoms with van der Waals surface area (Å²) in [5.74, 6) is -0.0276. The van der Waals surface area contributed by atoms with E-state index in [0.29, 0.717) is 26.2 Å². The SMILES string of the molecule is CN(C)C(C(=O)NCCCN1CCOC1=O)c1ccccc1. The molecule has 2 rings (SSSR count). The highest BCUT2D eigenvalue weighted by Gasteiger charge is 2.23. The highest BCUT2D eigenvalue weighted by atomic mass is 16.6. The molecule has 1 unspecified atom stereocenters. The molecule has 0 aliphatic carbocycles. The Labute approximate surface area is 131 Å². The van der Waals surface area contributed by atoms with Gasteiger partial charge in [0, 0.05) is 13.1 Å². The van der Waals surface area contributed by atoms with Gasteiger partial charge >= 0.3 is 6.09 Å². The Bertz CT molecular complexity index is 505. The molecule has 0 saturated carbocycles. The monoisotopic (exact) mass is 305 g/mol. The number of amides is 2. The predicted molar refractivity (Wildman–Crippen MR) is 83.4 cm³/mol. The first kappa shape index (κ1) is 16.3. The fraction of sp³-hybridized carbons (Fsp3) is 0.500. The summed E-state index contributed by atoms with van der Waals surface area (Å²) in [5.41, 5.74) is 0.966. The van der Waals surface area contributed by atoms with Gasteiger partial charge < -0.3 is 15.0 Å². The van der Waals surface area contributed by atoms with Crippen LogP contribution in [0.1, 0.15) is 18.0 Å². The highest BCUT2D eigenvalue weighted by Crippen LogP contribution is 2.17. The minimum Gasteiger partial charge on any atom is -0.448 e. The normalized spacial score (nSPS) is 15.8. The lowest BCUT2D eigenvalue weighted by Gasteiger charge is -2.24. The van der Waals surface area contributed by atoms with Gasteiger partial charge in [-0.3, -0.25) is 9.69 Å². The first-order chi connectivity index (χ1) is 10.6. The van der Waals surface area contributed by atoms with E-state index in [4.69, 9.17) is 4.74 Å². The fourth-order valence-electron chi connectivity index (χ4n) is 2.53. The molecular weight excluding hydrogens is 282 g/mol. The number of ether oxygens (including phenoxy) is 1. The molecule has 1 saturated heterocycles. The minimum absolute atomic E-state index is 0.0276. The molecule has 1 N–H and O–H groups in total. The maximum atomic E-state index is 12.4. The molecule has 1 aliphatic heterocycles. The Morgan fingerprint density at radius 3 is 2.68 bits per heavy atom. The molecule has 0 radical (unpaired) electrons. The number of nitrogens with one attached hydrogen (secondary N) is 1. The number of rotatable bonds is 7. The number of nitrogens with zero attached hydrogens (tertiary/aromatic N) is 2. The molecule has 1 aromatic rings. The second kappa shape index (κ2) is 7.79. The van der Waals surface area contributed by atoms with Gasteiger partial charge in [0.15, 0.2) is 0 Å². The lowest BCUT2D eigenvalue weighted by atomic mass is 10.1. The smallest absolute Gasteiger partial charge is 0.409 e. The van der Waals surface area contributed by atoms with Gasteiger partial charge in [0.2, 0.25) is 5.91 Å². The summed E-state index contributed by atoms with van der Waals surface area (Å²) in [6.07, 6.45) is 0.456. The van der Waals surface area contributed by atoms with Gasteiger partial charge in [-0.1, -0.05) is 30.3 Å². The molecule has 1 fully saturated rings. The van der Waals surface area contributed by atoms with Crippen molar-refractivity contribution in [2.75, 3.05) is 40.3 Å². The largest absolute Gasteiger partial charge is 0.448 e. The van der Waals surface area contributed by atoms with Crippen molar-refractivity contribution >= 4 is 12.0 Å². The number of hydrogen-bond acceptors (Lipinski definition) is 4. The van der Waals surface area contributed by atoms with E-state index in [-0.39, 0.29) is 18.0 Å². The summed E-state index contributed by atoms with van der Waals surface area (Å²) >= 11 is 0. The molecule has 1 aromatic carbocycles. The van der Waals surface area contributed by atoms with E-state index in [9.17, 15) is 9.59 Å². The van der Waals surface area contributed by atoms with Gasteiger partial charge in [-0.05, 0) is 26.1 Å². The van der Waals surface area contributed by atoms with Crippen LogP contribution in [-0.4, -0.2) is 62.1 Å². The molecule has 1 aliphatic rings. The van der Waals surface area contributed by atoms with Gasteiger partial charge in [0.25, 0.3) is 0 Å². The van der Waals surface area contributed by atoms with Crippen LogP contribution in [0, 0.1) is 0 Å². The molecule has 22 heavy (non-hydrogen) atoms. The summed E-state index contributed by atoms with van der Waals surface area (Å²) < 4.78 is 4.86. The number of cyclic esters (lactones) is 1. The first-order valence-corrected chi connectivity index (χ1v) is 7.50. The molecule has 6 heteroatoms. The van der Waals surface area contributed by atoms with Crippen molar-refractivity contribution in [1.29, 1.82) is 0 Å². The van der Waals surface area contributed by atoms with Crippen LogP contribution < -0.4 is 5.32 Å². The summed E-state index contributed by atoms with van der Waals surface area (Å²) in [5, 5.41) is 2.94. The Balaban J connectivity index is 1.80. The van der Waals surface area contributed by atoms with Gasteiger partial charge in [-0.2, -0.15) is 0 Å². The topological polar surface area (TPSA) is 61.9 Å². The average Bonchev–Trinajstić information content (AvgIpc) is 2.90. The van der Waals surface area contributed by atoms with Crippen molar-refractivity contribution in [2.45, 2.75) is 12.5 Å². The van der Waals surface area contributed by atoms with E-state index in [1.165, 1.54) is 0 Å². The van der Waals surface area contributed by atoms with Crippen LogP contribution in [0.4, 0.5) is 4.79 Å². The maximum Gasteiger partial charge on any atom is 0.409 e. The molecule has 6 nitrogen and oxygen atoms in total. The third-order valence-electron chi connectivity index (χ3n) is 3.63. The summed E-state index contributed by atoms with van der Waals surface area (Å²) in [4.78, 5) is 27.2. The van der Waals surface area contributed by atoms with Crippen molar-refractivity contribution in [2.24, 2.45) is 0 Å². The van der Waals surface area contributed by atoms with Crippen molar-refractivity contribution in [3.05, 3.63) is 35.9 Å². The highest BCUT2D eigenvalue weighted by molar-refractivity contribution is 5.83. The Hall–Kier alpha value is -2.08. The molecule has 1 atom stereocenters. The Morgan fingerprint density at radius 1 is 1.36 bits per heavy atom. The van der Waals surface area contributed by atoms with Crippen LogP contribution in [0.25, 0.3) is 0 Å². The van der Waals surface area contributed by atoms with E-state index >= 15 is 0 Å². The quantitative estimate of drug-likeness (QED) is 0.770. The standard InChI is InChI=1S/C16H23N3O3/c1-18(2)14(13-7-4-3-5-8-13)15(20)17-9-6-10-19-11-12-22-16(19)21/h3-5,7-8,14H,6,9-12H2,1-2H3,(H,17,20). The molecule has 0 aromatic heterocycles. The second-order valence-corrected chi connectivity index (χ2v) is 5.52. The van der Waals surface area contributed by atoms with Crippen molar-refractivity contribution in [3.63, 3.8) is 0 Å². The third kappa shape index (κ3) is 4.21. The molecular formula is C16H23N3O3. The summed E-state index contributed by atoms with van der Waals surface area (Å²) in [6.45, 7) is 2.25. The van der Waals surface area contributed by atoms with Crippen LogP contribution in [0.5, 0.6) is 0 Å². The maximum absolute atomic E-state index is 12.4. The lowest BCUT2D eigenvalue weighted by molar-refractivity contribution is -0.125. The van der Waals surface area contributed by atoms with Gasteiger partial charge in [-0.15, -0.1) is 0 Å². The third-order valence-corrected chi connectivity index (χ3v) is 3.63. The van der Waals surface area contributed by atoms with E-state index in [2.05, 4.69) is 5.32 Å². The average molecular weight is 305 g/mol. The van der Waals surface area contributed by atoms with Crippen molar-refractivity contribution in [1.82, 2.24) is 15.1 Å². The summed E-state index contributed by atoms with van der Waals surface area (Å²) in [6, 6.07) is 9.38. The van der Waals surface area contributed by atoms with Gasteiger partial charge in [0.1, 0.15) is 12.6 Å². The number of hydrogen-bond donors (Lipinski definition) is 1. The van der Waals surface area contributed by atoms with Crippen LogP contribution in [0.15, 0.2) is 30.3 Å². The zero-order chi connectivity index (χ0) is 15.9.